The predicted molar refractivity (Wildman–Crippen MR) is 61.2 cm³/mol. The highest BCUT2D eigenvalue weighted by Gasteiger charge is 2.27. The quantitative estimate of drug-likeness (QED) is 0.496. The lowest BCUT2D eigenvalue weighted by Gasteiger charge is -2.14. The van der Waals surface area contributed by atoms with Crippen molar-refractivity contribution >= 4 is 5.69 Å². The van der Waals surface area contributed by atoms with Crippen molar-refractivity contribution < 1.29 is 22.0 Å². The third kappa shape index (κ3) is 2.67. The number of halogens is 5. The molecule has 1 aliphatic carbocycles. The first-order valence-electron chi connectivity index (χ1n) is 6.17. The van der Waals surface area contributed by atoms with E-state index >= 15 is 0 Å². The van der Waals surface area contributed by atoms with Gasteiger partial charge in [-0.1, -0.05) is 13.3 Å². The molecule has 0 aliphatic heterocycles. The molecule has 0 aromatic heterocycles. The minimum Gasteiger partial charge on any atom is -0.380 e. The van der Waals surface area contributed by atoms with Gasteiger partial charge in [-0.15, -0.1) is 0 Å². The average Bonchev–Trinajstić information content (AvgIpc) is 2.80. The van der Waals surface area contributed by atoms with E-state index in [0.29, 0.717) is 5.92 Å². The standard InChI is InChI=1S/C13H14F5N/c1-6-2-3-7(4-6)5-19-13-11(17)9(15)8(14)10(16)12(13)18/h6-7,19H,2-5H2,1H3. The Morgan fingerprint density at radius 3 is 1.89 bits per heavy atom. The van der Waals surface area contributed by atoms with Crippen molar-refractivity contribution in [3.63, 3.8) is 0 Å². The molecule has 1 nitrogen and oxygen atoms in total. The number of benzene rings is 1. The molecule has 2 atom stereocenters. The second-order valence-corrected chi connectivity index (χ2v) is 5.11. The van der Waals surface area contributed by atoms with Crippen LogP contribution in [0, 0.1) is 40.9 Å². The van der Waals surface area contributed by atoms with Gasteiger partial charge in [-0.2, -0.15) is 0 Å². The molecule has 0 bridgehead atoms. The van der Waals surface area contributed by atoms with Crippen LogP contribution in [0.5, 0.6) is 0 Å². The van der Waals surface area contributed by atoms with Gasteiger partial charge in [0.25, 0.3) is 0 Å². The average molecular weight is 279 g/mol. The van der Waals surface area contributed by atoms with Crippen molar-refractivity contribution in [2.45, 2.75) is 26.2 Å². The van der Waals surface area contributed by atoms with Gasteiger partial charge in [0.05, 0.1) is 0 Å². The first kappa shape index (κ1) is 14.1. The summed E-state index contributed by atoms with van der Waals surface area (Å²) in [6.07, 6.45) is 2.80. The Balaban J connectivity index is 2.16. The molecule has 2 unspecified atom stereocenters. The Hall–Kier alpha value is -1.33. The van der Waals surface area contributed by atoms with Gasteiger partial charge in [0.15, 0.2) is 23.3 Å². The summed E-state index contributed by atoms with van der Waals surface area (Å²) in [5, 5.41) is 2.36. The molecule has 0 saturated heterocycles. The Morgan fingerprint density at radius 2 is 1.42 bits per heavy atom. The molecule has 0 radical (unpaired) electrons. The van der Waals surface area contributed by atoms with Crippen molar-refractivity contribution in [2.24, 2.45) is 11.8 Å². The van der Waals surface area contributed by atoms with Gasteiger partial charge in [-0.25, -0.2) is 22.0 Å². The fraction of sp³-hybridized carbons (Fsp3) is 0.538. The molecule has 106 valence electrons. The zero-order valence-corrected chi connectivity index (χ0v) is 10.4. The lowest BCUT2D eigenvalue weighted by molar-refractivity contribution is 0.380. The van der Waals surface area contributed by atoms with Crippen LogP contribution in [0.4, 0.5) is 27.6 Å². The summed E-state index contributed by atoms with van der Waals surface area (Å²) in [5.41, 5.74) is -0.934. The Labute approximate surface area is 107 Å². The molecule has 1 N–H and O–H groups in total. The van der Waals surface area contributed by atoms with Gasteiger partial charge < -0.3 is 5.32 Å². The first-order valence-corrected chi connectivity index (χ1v) is 6.17. The van der Waals surface area contributed by atoms with Crippen molar-refractivity contribution in [1.82, 2.24) is 0 Å². The SMILES string of the molecule is CC1CCC(CNc2c(F)c(F)c(F)c(F)c2F)C1. The topological polar surface area (TPSA) is 12.0 Å². The molecule has 1 aromatic carbocycles. The molecule has 1 fully saturated rings. The molecule has 6 heteroatoms. The second kappa shape index (κ2) is 5.35. The third-order valence-electron chi connectivity index (χ3n) is 3.58. The lowest BCUT2D eigenvalue weighted by atomic mass is 10.1. The zero-order valence-electron chi connectivity index (χ0n) is 10.4. The van der Waals surface area contributed by atoms with Crippen LogP contribution in [0.2, 0.25) is 0 Å². The number of rotatable bonds is 3. The highest BCUT2D eigenvalue weighted by molar-refractivity contribution is 5.47. The van der Waals surface area contributed by atoms with Crippen molar-refractivity contribution in [3.8, 4) is 0 Å². The molecule has 0 spiro atoms. The lowest BCUT2D eigenvalue weighted by Crippen LogP contribution is -2.16. The normalized spacial score (nSPS) is 22.8. The van der Waals surface area contributed by atoms with E-state index in [0.717, 1.165) is 19.3 Å². The first-order chi connectivity index (χ1) is 8.91. The Morgan fingerprint density at radius 1 is 0.895 bits per heavy atom. The molecular formula is C13H14F5N. The van der Waals surface area contributed by atoms with E-state index in [4.69, 9.17) is 0 Å². The summed E-state index contributed by atoms with van der Waals surface area (Å²) in [6.45, 7) is 2.28. The predicted octanol–water partition coefficient (Wildman–Crippen LogP) is 4.23. The van der Waals surface area contributed by atoms with E-state index in [1.165, 1.54) is 0 Å². The van der Waals surface area contributed by atoms with E-state index in [1.807, 2.05) is 0 Å². The van der Waals surface area contributed by atoms with Crippen molar-refractivity contribution in [2.75, 3.05) is 11.9 Å². The second-order valence-electron chi connectivity index (χ2n) is 5.11. The summed E-state index contributed by atoms with van der Waals surface area (Å²) in [5.74, 6) is -8.84. The molecule has 0 heterocycles. The number of nitrogens with one attached hydrogen (secondary N) is 1. The van der Waals surface area contributed by atoms with Crippen LogP contribution < -0.4 is 5.32 Å². The van der Waals surface area contributed by atoms with Crippen LogP contribution in [0.15, 0.2) is 0 Å². The molecule has 19 heavy (non-hydrogen) atoms. The van der Waals surface area contributed by atoms with Crippen LogP contribution >= 0.6 is 0 Å². The maximum absolute atomic E-state index is 13.4. The highest BCUT2D eigenvalue weighted by atomic mass is 19.2. The van der Waals surface area contributed by atoms with Gasteiger partial charge in [-0.3, -0.25) is 0 Å². The van der Waals surface area contributed by atoms with Gasteiger partial charge in [-0.05, 0) is 24.7 Å². The molecule has 0 amide bonds. The maximum Gasteiger partial charge on any atom is 0.200 e. The van der Waals surface area contributed by atoms with Crippen LogP contribution in [0.3, 0.4) is 0 Å². The highest BCUT2D eigenvalue weighted by Crippen LogP contribution is 2.32. The molecular weight excluding hydrogens is 265 g/mol. The minimum absolute atomic E-state index is 0.199. The zero-order chi connectivity index (χ0) is 14.2. The number of hydrogen-bond donors (Lipinski definition) is 1. The number of hydrogen-bond acceptors (Lipinski definition) is 1. The van der Waals surface area contributed by atoms with Gasteiger partial charge in [0.2, 0.25) is 5.82 Å². The number of anilines is 1. The van der Waals surface area contributed by atoms with E-state index in [-0.39, 0.29) is 12.5 Å². The Kier molecular flexibility index (Phi) is 3.96. The summed E-state index contributed by atoms with van der Waals surface area (Å²) in [4.78, 5) is 0. The van der Waals surface area contributed by atoms with E-state index < -0.39 is 34.8 Å². The fourth-order valence-corrected chi connectivity index (χ4v) is 2.52. The van der Waals surface area contributed by atoms with Crippen LogP contribution in [0.1, 0.15) is 26.2 Å². The smallest absolute Gasteiger partial charge is 0.200 e. The van der Waals surface area contributed by atoms with Crippen molar-refractivity contribution in [1.29, 1.82) is 0 Å². The fourth-order valence-electron chi connectivity index (χ4n) is 2.52. The third-order valence-corrected chi connectivity index (χ3v) is 3.58. The molecule has 2 rings (SSSR count). The Bertz CT molecular complexity index is 459. The summed E-state index contributed by atoms with van der Waals surface area (Å²) >= 11 is 0. The van der Waals surface area contributed by atoms with E-state index in [9.17, 15) is 22.0 Å². The summed E-state index contributed by atoms with van der Waals surface area (Å²) in [6, 6.07) is 0. The van der Waals surface area contributed by atoms with Crippen molar-refractivity contribution in [3.05, 3.63) is 29.1 Å². The minimum atomic E-state index is -2.13. The van der Waals surface area contributed by atoms with Crippen LogP contribution in [-0.4, -0.2) is 6.54 Å². The largest absolute Gasteiger partial charge is 0.380 e. The molecule has 1 aromatic rings. The van der Waals surface area contributed by atoms with Gasteiger partial charge in [0.1, 0.15) is 5.69 Å². The van der Waals surface area contributed by atoms with Crippen LogP contribution in [-0.2, 0) is 0 Å². The molecule has 1 aliphatic rings. The summed E-state index contributed by atoms with van der Waals surface area (Å²) in [7, 11) is 0. The maximum atomic E-state index is 13.4. The summed E-state index contributed by atoms with van der Waals surface area (Å²) < 4.78 is 65.5. The monoisotopic (exact) mass is 279 g/mol. The molecule has 1 saturated carbocycles. The van der Waals surface area contributed by atoms with Gasteiger partial charge in [0, 0.05) is 6.54 Å². The van der Waals surface area contributed by atoms with E-state index in [2.05, 4.69) is 12.2 Å². The van der Waals surface area contributed by atoms with Gasteiger partial charge >= 0.3 is 0 Å². The van der Waals surface area contributed by atoms with E-state index in [1.54, 1.807) is 0 Å². The van der Waals surface area contributed by atoms with Crippen LogP contribution in [0.25, 0.3) is 0 Å².